The molecule has 1 heterocycles. The second-order valence-electron chi connectivity index (χ2n) is 5.99. The second-order valence-corrected chi connectivity index (χ2v) is 6.86. The van der Waals surface area contributed by atoms with Crippen LogP contribution < -0.4 is 4.90 Å². The van der Waals surface area contributed by atoms with E-state index < -0.39 is 0 Å². The number of nitrogens with zero attached hydrogens (tertiary/aromatic N) is 1. The third-order valence-electron chi connectivity index (χ3n) is 4.06. The third-order valence-corrected chi connectivity index (χ3v) is 4.49. The molecule has 1 aliphatic rings. The van der Waals surface area contributed by atoms with Crippen molar-refractivity contribution >= 4 is 28.9 Å². The summed E-state index contributed by atoms with van der Waals surface area (Å²) in [6.45, 7) is 6.39. The van der Waals surface area contributed by atoms with Gasteiger partial charge in [0.05, 0.1) is 0 Å². The number of anilines is 1. The van der Waals surface area contributed by atoms with Gasteiger partial charge in [0, 0.05) is 28.8 Å². The number of hydrogen-bond acceptors (Lipinski definition) is 1. The van der Waals surface area contributed by atoms with Gasteiger partial charge in [-0.25, -0.2) is 0 Å². The monoisotopic (exact) mass is 319 g/mol. The van der Waals surface area contributed by atoms with E-state index in [9.17, 15) is 0 Å². The van der Waals surface area contributed by atoms with E-state index >= 15 is 0 Å². The van der Waals surface area contributed by atoms with Gasteiger partial charge in [-0.2, -0.15) is 0 Å². The van der Waals surface area contributed by atoms with Gasteiger partial charge >= 0.3 is 0 Å². The first-order valence-corrected chi connectivity index (χ1v) is 8.11. The fourth-order valence-electron chi connectivity index (χ4n) is 2.94. The van der Waals surface area contributed by atoms with Crippen molar-refractivity contribution in [2.45, 2.75) is 32.7 Å². The molecule has 3 rings (SSSR count). The molecule has 2 aromatic rings. The highest BCUT2D eigenvalue weighted by Crippen LogP contribution is 2.32. The molecule has 3 heteroatoms. The largest absolute Gasteiger partial charge is 0.367 e. The Labute approximate surface area is 136 Å². The Balaban J connectivity index is 1.84. The number of halogens is 2. The molecular formula is C18H19Cl2N. The van der Waals surface area contributed by atoms with Crippen LogP contribution in [0.3, 0.4) is 0 Å². The molecule has 1 aliphatic heterocycles. The molecule has 0 radical (unpaired) electrons. The molecule has 21 heavy (non-hydrogen) atoms. The minimum atomic E-state index is 0.580. The van der Waals surface area contributed by atoms with E-state index in [4.69, 9.17) is 23.2 Å². The fraction of sp³-hybridized carbons (Fsp3) is 0.333. The quantitative estimate of drug-likeness (QED) is 0.703. The lowest BCUT2D eigenvalue weighted by molar-refractivity contribution is 0.836. The van der Waals surface area contributed by atoms with E-state index in [1.165, 1.54) is 16.8 Å². The first-order valence-electron chi connectivity index (χ1n) is 7.35. The summed E-state index contributed by atoms with van der Waals surface area (Å²) in [6.07, 6.45) is 1.12. The zero-order chi connectivity index (χ0) is 15.0. The highest BCUT2D eigenvalue weighted by Gasteiger charge is 2.20. The number of benzene rings is 2. The molecule has 110 valence electrons. The van der Waals surface area contributed by atoms with Crippen molar-refractivity contribution in [1.82, 2.24) is 0 Å². The van der Waals surface area contributed by atoms with Gasteiger partial charge in [-0.3, -0.25) is 0 Å². The molecule has 0 N–H and O–H groups in total. The maximum Gasteiger partial charge on any atom is 0.0430 e. The van der Waals surface area contributed by atoms with Crippen LogP contribution in [0.4, 0.5) is 5.69 Å². The van der Waals surface area contributed by atoms with Gasteiger partial charge < -0.3 is 4.90 Å². The molecule has 0 atom stereocenters. The van der Waals surface area contributed by atoms with Crippen molar-refractivity contribution in [3.63, 3.8) is 0 Å². The van der Waals surface area contributed by atoms with Crippen molar-refractivity contribution in [2.75, 3.05) is 11.4 Å². The van der Waals surface area contributed by atoms with Gasteiger partial charge in [-0.05, 0) is 53.3 Å². The average Bonchev–Trinajstić information content (AvgIpc) is 2.80. The van der Waals surface area contributed by atoms with Crippen molar-refractivity contribution in [2.24, 2.45) is 0 Å². The van der Waals surface area contributed by atoms with Crippen LogP contribution in [0.1, 0.15) is 36.5 Å². The van der Waals surface area contributed by atoms with Crippen molar-refractivity contribution in [1.29, 1.82) is 0 Å². The molecule has 0 aliphatic carbocycles. The summed E-state index contributed by atoms with van der Waals surface area (Å²) >= 11 is 12.2. The summed E-state index contributed by atoms with van der Waals surface area (Å²) < 4.78 is 0. The van der Waals surface area contributed by atoms with E-state index in [0.29, 0.717) is 16.0 Å². The summed E-state index contributed by atoms with van der Waals surface area (Å²) in [5.74, 6) is 0.580. The van der Waals surface area contributed by atoms with E-state index in [1.807, 2.05) is 12.1 Å². The Bertz CT molecular complexity index is 644. The SMILES string of the molecule is CC(C)c1ccc2c(c1)CCN2Cc1cc(Cl)cc(Cl)c1. The van der Waals surface area contributed by atoms with Crippen molar-refractivity contribution in [3.05, 3.63) is 63.1 Å². The summed E-state index contributed by atoms with van der Waals surface area (Å²) in [4.78, 5) is 2.40. The number of hydrogen-bond donors (Lipinski definition) is 0. The van der Waals surface area contributed by atoms with Crippen LogP contribution in [0.5, 0.6) is 0 Å². The van der Waals surface area contributed by atoms with Gasteiger partial charge in [-0.1, -0.05) is 49.2 Å². The average molecular weight is 320 g/mol. The molecule has 0 fully saturated rings. The van der Waals surface area contributed by atoms with E-state index in [2.05, 4.69) is 36.9 Å². The minimum absolute atomic E-state index is 0.580. The molecule has 1 nitrogen and oxygen atoms in total. The Kier molecular flexibility index (Phi) is 4.14. The highest BCUT2D eigenvalue weighted by molar-refractivity contribution is 6.34. The van der Waals surface area contributed by atoms with Crippen LogP contribution in [-0.2, 0) is 13.0 Å². The van der Waals surface area contributed by atoms with E-state index in [0.717, 1.165) is 25.1 Å². The molecule has 0 amide bonds. The molecular weight excluding hydrogens is 301 g/mol. The van der Waals surface area contributed by atoms with E-state index in [-0.39, 0.29) is 0 Å². The van der Waals surface area contributed by atoms with Crippen LogP contribution in [0, 0.1) is 0 Å². The highest BCUT2D eigenvalue weighted by atomic mass is 35.5. The maximum atomic E-state index is 6.09. The van der Waals surface area contributed by atoms with Crippen molar-refractivity contribution < 1.29 is 0 Å². The molecule has 0 saturated heterocycles. The van der Waals surface area contributed by atoms with Crippen LogP contribution in [0.15, 0.2) is 36.4 Å². The molecule has 0 bridgehead atoms. The predicted molar refractivity (Wildman–Crippen MR) is 91.7 cm³/mol. The lowest BCUT2D eigenvalue weighted by Crippen LogP contribution is -2.19. The fourth-order valence-corrected chi connectivity index (χ4v) is 3.51. The predicted octanol–water partition coefficient (Wildman–Crippen LogP) is 5.68. The van der Waals surface area contributed by atoms with Gasteiger partial charge in [0.1, 0.15) is 0 Å². The smallest absolute Gasteiger partial charge is 0.0430 e. The van der Waals surface area contributed by atoms with Crippen LogP contribution in [0.25, 0.3) is 0 Å². The Morgan fingerprint density at radius 1 is 1.05 bits per heavy atom. The molecule has 0 saturated carbocycles. The van der Waals surface area contributed by atoms with Crippen LogP contribution in [0.2, 0.25) is 10.0 Å². The number of fused-ring (bicyclic) bond motifs is 1. The summed E-state index contributed by atoms with van der Waals surface area (Å²) in [7, 11) is 0. The molecule has 0 aromatic heterocycles. The molecule has 0 spiro atoms. The standard InChI is InChI=1S/C18H19Cl2N/c1-12(2)14-3-4-18-15(9-14)5-6-21(18)11-13-7-16(19)10-17(20)8-13/h3-4,7-10,12H,5-6,11H2,1-2H3. The number of rotatable bonds is 3. The van der Waals surface area contributed by atoms with Gasteiger partial charge in [0.2, 0.25) is 0 Å². The van der Waals surface area contributed by atoms with Crippen molar-refractivity contribution in [3.8, 4) is 0 Å². The maximum absolute atomic E-state index is 6.09. The Hall–Kier alpha value is -1.18. The third kappa shape index (κ3) is 3.20. The lowest BCUT2D eigenvalue weighted by Gasteiger charge is -2.20. The summed E-state index contributed by atoms with van der Waals surface area (Å²) in [6, 6.07) is 12.6. The van der Waals surface area contributed by atoms with Crippen LogP contribution >= 0.6 is 23.2 Å². The first-order chi connectivity index (χ1) is 10.0. The van der Waals surface area contributed by atoms with Gasteiger partial charge in [0.15, 0.2) is 0 Å². The topological polar surface area (TPSA) is 3.24 Å². The molecule has 2 aromatic carbocycles. The van der Waals surface area contributed by atoms with Gasteiger partial charge in [0.25, 0.3) is 0 Å². The normalized spacial score (nSPS) is 13.9. The van der Waals surface area contributed by atoms with Crippen LogP contribution in [-0.4, -0.2) is 6.54 Å². The first kappa shape index (κ1) is 14.7. The Morgan fingerprint density at radius 3 is 2.43 bits per heavy atom. The zero-order valence-electron chi connectivity index (χ0n) is 12.4. The lowest BCUT2D eigenvalue weighted by atomic mass is 10.00. The zero-order valence-corrected chi connectivity index (χ0v) is 13.9. The summed E-state index contributed by atoms with van der Waals surface area (Å²) in [5.41, 5.74) is 5.37. The van der Waals surface area contributed by atoms with Gasteiger partial charge in [-0.15, -0.1) is 0 Å². The summed E-state index contributed by atoms with van der Waals surface area (Å²) in [5, 5.41) is 1.40. The molecule has 0 unspecified atom stereocenters. The Morgan fingerprint density at radius 2 is 1.76 bits per heavy atom. The second kappa shape index (κ2) is 5.90. The van der Waals surface area contributed by atoms with E-state index in [1.54, 1.807) is 6.07 Å². The minimum Gasteiger partial charge on any atom is -0.367 e.